The molecule has 0 aromatic heterocycles. The van der Waals surface area contributed by atoms with Gasteiger partial charge in [-0.05, 0) is 51.4 Å². The van der Waals surface area contributed by atoms with Crippen LogP contribution in [-0.2, 0) is 19.1 Å². The molecule has 0 heterocycles. The summed E-state index contributed by atoms with van der Waals surface area (Å²) in [7, 11) is 0. The normalized spacial score (nSPS) is 21.1. The van der Waals surface area contributed by atoms with Gasteiger partial charge in [0.05, 0.1) is 24.4 Å². The molecule has 0 aliphatic heterocycles. The second kappa shape index (κ2) is 9.85. The summed E-state index contributed by atoms with van der Waals surface area (Å²) >= 11 is 0. The van der Waals surface area contributed by atoms with Crippen molar-refractivity contribution in [3.8, 4) is 0 Å². The van der Waals surface area contributed by atoms with Crippen LogP contribution in [0.3, 0.4) is 0 Å². The number of hydrogen-bond donors (Lipinski definition) is 0. The van der Waals surface area contributed by atoms with Crippen molar-refractivity contribution in [3.05, 3.63) is 11.1 Å². The van der Waals surface area contributed by atoms with Gasteiger partial charge < -0.3 is 9.47 Å². The van der Waals surface area contributed by atoms with Gasteiger partial charge in [-0.3, -0.25) is 0 Å². The van der Waals surface area contributed by atoms with E-state index in [0.717, 1.165) is 51.4 Å². The highest BCUT2D eigenvalue weighted by Crippen LogP contribution is 2.38. The topological polar surface area (TPSA) is 52.6 Å². The lowest BCUT2D eigenvalue weighted by Gasteiger charge is -2.30. The lowest BCUT2D eigenvalue weighted by Crippen LogP contribution is -2.28. The fourth-order valence-corrected chi connectivity index (χ4v) is 4.19. The van der Waals surface area contributed by atoms with Crippen molar-refractivity contribution < 1.29 is 19.1 Å². The predicted molar refractivity (Wildman–Crippen MR) is 93.4 cm³/mol. The number of hydrogen-bond acceptors (Lipinski definition) is 4. The number of carbonyl (C=O) groups excluding carboxylic acids is 2. The summed E-state index contributed by atoms with van der Waals surface area (Å²) in [6.07, 6.45) is 10.8. The van der Waals surface area contributed by atoms with Crippen LogP contribution in [-0.4, -0.2) is 25.2 Å². The molecule has 2 aliphatic rings. The number of esters is 2. The van der Waals surface area contributed by atoms with E-state index in [0.29, 0.717) is 24.4 Å². The summed E-state index contributed by atoms with van der Waals surface area (Å²) in [5, 5.41) is 0. The maximum atomic E-state index is 12.7. The monoisotopic (exact) mass is 336 g/mol. The average Bonchev–Trinajstić information content (AvgIpc) is 2.61. The fourth-order valence-electron chi connectivity index (χ4n) is 4.19. The average molecular weight is 336 g/mol. The molecule has 4 nitrogen and oxygen atoms in total. The predicted octanol–water partition coefficient (Wildman–Crippen LogP) is 4.57. The first-order valence-electron chi connectivity index (χ1n) is 9.77. The van der Waals surface area contributed by atoms with Crippen LogP contribution in [0.4, 0.5) is 0 Å². The van der Waals surface area contributed by atoms with Crippen LogP contribution in [0.1, 0.15) is 78.1 Å². The first kappa shape index (κ1) is 19.0. The van der Waals surface area contributed by atoms with E-state index in [-0.39, 0.29) is 23.8 Å². The number of ether oxygens (including phenoxy) is 2. The van der Waals surface area contributed by atoms with Crippen molar-refractivity contribution >= 4 is 11.9 Å². The van der Waals surface area contributed by atoms with Crippen LogP contribution in [0.2, 0.25) is 0 Å². The van der Waals surface area contributed by atoms with E-state index in [2.05, 4.69) is 0 Å². The van der Waals surface area contributed by atoms with E-state index in [1.165, 1.54) is 12.8 Å². The molecule has 0 radical (unpaired) electrons. The van der Waals surface area contributed by atoms with Crippen LogP contribution < -0.4 is 0 Å². The zero-order valence-corrected chi connectivity index (χ0v) is 15.3. The molecule has 136 valence electrons. The molecule has 2 aliphatic carbocycles. The Hall–Kier alpha value is -1.32. The summed E-state index contributed by atoms with van der Waals surface area (Å²) in [5.74, 6) is -0.283. The standard InChI is InChI=1S/C20H32O4/c1-3-23-19(21)17(15-11-7-5-8-12-15)18(20(22)24-4-2)16-13-9-6-10-14-16/h15-16H,3-14H2,1-2H3/b18-17-. The number of rotatable bonds is 6. The summed E-state index contributed by atoms with van der Waals surface area (Å²) < 4.78 is 10.7. The second-order valence-electron chi connectivity index (χ2n) is 6.94. The molecule has 0 aromatic rings. The molecule has 0 aromatic carbocycles. The van der Waals surface area contributed by atoms with Crippen molar-refractivity contribution in [1.29, 1.82) is 0 Å². The Bertz CT molecular complexity index is 412. The van der Waals surface area contributed by atoms with Gasteiger partial charge in [-0.25, -0.2) is 9.59 Å². The van der Waals surface area contributed by atoms with Gasteiger partial charge in [0.1, 0.15) is 0 Å². The Balaban J connectivity index is 2.42. The van der Waals surface area contributed by atoms with Crippen molar-refractivity contribution in [2.45, 2.75) is 78.1 Å². The van der Waals surface area contributed by atoms with E-state index >= 15 is 0 Å². The van der Waals surface area contributed by atoms with E-state index in [4.69, 9.17) is 9.47 Å². The molecule has 2 saturated carbocycles. The van der Waals surface area contributed by atoms with Crippen LogP contribution in [0, 0.1) is 11.8 Å². The van der Waals surface area contributed by atoms with Crippen LogP contribution >= 0.6 is 0 Å². The van der Waals surface area contributed by atoms with Crippen molar-refractivity contribution in [2.75, 3.05) is 13.2 Å². The Morgan fingerprint density at radius 2 is 1.00 bits per heavy atom. The molecule has 2 fully saturated rings. The highest BCUT2D eigenvalue weighted by Gasteiger charge is 2.35. The molecule has 0 N–H and O–H groups in total. The van der Waals surface area contributed by atoms with Crippen molar-refractivity contribution in [2.24, 2.45) is 11.8 Å². The largest absolute Gasteiger partial charge is 0.463 e. The van der Waals surface area contributed by atoms with Crippen LogP contribution in [0.5, 0.6) is 0 Å². The minimum atomic E-state index is -0.293. The third-order valence-electron chi connectivity index (χ3n) is 5.31. The molecule has 0 saturated heterocycles. The van der Waals surface area contributed by atoms with E-state index in [1.54, 1.807) is 0 Å². The summed E-state index contributed by atoms with van der Waals surface area (Å²) in [4.78, 5) is 25.5. The van der Waals surface area contributed by atoms with Crippen LogP contribution in [0.25, 0.3) is 0 Å². The fraction of sp³-hybridized carbons (Fsp3) is 0.800. The molecule has 0 atom stereocenters. The highest BCUT2D eigenvalue weighted by atomic mass is 16.5. The molecule has 0 amide bonds. The second-order valence-corrected chi connectivity index (χ2v) is 6.94. The smallest absolute Gasteiger partial charge is 0.334 e. The molecular formula is C20H32O4. The third kappa shape index (κ3) is 4.84. The number of carbonyl (C=O) groups is 2. The first-order chi connectivity index (χ1) is 11.7. The minimum absolute atomic E-state index is 0.152. The van der Waals surface area contributed by atoms with Gasteiger partial charge in [0.15, 0.2) is 0 Å². The summed E-state index contributed by atoms with van der Waals surface area (Å²) in [6, 6.07) is 0. The van der Waals surface area contributed by atoms with Crippen molar-refractivity contribution in [1.82, 2.24) is 0 Å². The lowest BCUT2D eigenvalue weighted by atomic mass is 9.75. The Kier molecular flexibility index (Phi) is 7.80. The van der Waals surface area contributed by atoms with Gasteiger partial charge in [0.2, 0.25) is 0 Å². The molecule has 4 heteroatoms. The lowest BCUT2D eigenvalue weighted by molar-refractivity contribution is -0.143. The Labute approximate surface area is 146 Å². The maximum absolute atomic E-state index is 12.7. The highest BCUT2D eigenvalue weighted by molar-refractivity contribution is 6.01. The minimum Gasteiger partial charge on any atom is -0.463 e. The molecule has 24 heavy (non-hydrogen) atoms. The molecule has 0 spiro atoms. The molecule has 2 rings (SSSR count). The van der Waals surface area contributed by atoms with Crippen LogP contribution in [0.15, 0.2) is 11.1 Å². The SMILES string of the molecule is CCOC(=O)/C(=C(\C(=O)OCC)C1CCCCC1)C1CCCCC1. The maximum Gasteiger partial charge on any atom is 0.334 e. The first-order valence-corrected chi connectivity index (χ1v) is 9.77. The van der Waals surface area contributed by atoms with Gasteiger partial charge >= 0.3 is 11.9 Å². The summed E-state index contributed by atoms with van der Waals surface area (Å²) in [5.41, 5.74) is 1.28. The quantitative estimate of drug-likeness (QED) is 0.526. The molecular weight excluding hydrogens is 304 g/mol. The van der Waals surface area contributed by atoms with Crippen molar-refractivity contribution in [3.63, 3.8) is 0 Å². The van der Waals surface area contributed by atoms with Gasteiger partial charge in [-0.15, -0.1) is 0 Å². The Morgan fingerprint density at radius 1 is 0.667 bits per heavy atom. The third-order valence-corrected chi connectivity index (χ3v) is 5.31. The zero-order valence-electron chi connectivity index (χ0n) is 15.3. The van der Waals surface area contributed by atoms with E-state index in [1.807, 2.05) is 13.8 Å². The molecule has 0 unspecified atom stereocenters. The van der Waals surface area contributed by atoms with Gasteiger partial charge in [0.25, 0.3) is 0 Å². The van der Waals surface area contributed by atoms with E-state index in [9.17, 15) is 9.59 Å². The Morgan fingerprint density at radius 3 is 1.29 bits per heavy atom. The van der Waals surface area contributed by atoms with Gasteiger partial charge in [0, 0.05) is 0 Å². The van der Waals surface area contributed by atoms with Gasteiger partial charge in [-0.1, -0.05) is 38.5 Å². The zero-order chi connectivity index (χ0) is 17.4. The van der Waals surface area contributed by atoms with Gasteiger partial charge in [-0.2, -0.15) is 0 Å². The van der Waals surface area contributed by atoms with E-state index < -0.39 is 0 Å². The molecule has 0 bridgehead atoms. The summed E-state index contributed by atoms with van der Waals surface area (Å²) in [6.45, 7) is 4.33.